The molecule has 4 nitrogen and oxygen atoms in total. The molecule has 0 radical (unpaired) electrons. The molecule has 3 rings (SSSR count). The van der Waals surface area contributed by atoms with Crippen LogP contribution in [0, 0.1) is 0 Å². The molecule has 3 aromatic rings. The molecule has 0 spiro atoms. The lowest BCUT2D eigenvalue weighted by molar-refractivity contribution is 0.101. The summed E-state index contributed by atoms with van der Waals surface area (Å²) in [5, 5.41) is 7.64. The molecule has 0 unspecified atom stereocenters. The minimum Gasteiger partial charge on any atom is -0.322 e. The first-order chi connectivity index (χ1) is 12.5. The molecule has 5 heteroatoms. The molecule has 1 heterocycles. The van der Waals surface area contributed by atoms with E-state index in [2.05, 4.69) is 24.5 Å². The fourth-order valence-corrected chi connectivity index (χ4v) is 3.27. The average molecular weight is 364 g/mol. The van der Waals surface area contributed by atoms with Crippen molar-refractivity contribution >= 4 is 34.5 Å². The van der Waals surface area contributed by atoms with Crippen molar-refractivity contribution < 1.29 is 9.59 Å². The average Bonchev–Trinajstić information content (AvgIpc) is 3.17. The van der Waals surface area contributed by atoms with Gasteiger partial charge in [0.25, 0.3) is 11.8 Å². The van der Waals surface area contributed by atoms with Crippen molar-refractivity contribution in [2.24, 2.45) is 0 Å². The Morgan fingerprint density at radius 1 is 0.885 bits per heavy atom. The lowest BCUT2D eigenvalue weighted by Crippen LogP contribution is -2.15. The van der Waals surface area contributed by atoms with Crippen LogP contribution in [0.25, 0.3) is 0 Å². The van der Waals surface area contributed by atoms with Crippen LogP contribution in [0.5, 0.6) is 0 Å². The molecule has 0 aliphatic rings. The SMILES string of the molecule is CC(C)c1ccccc1NC(=O)c1cccc(NC(=O)c2cccs2)c1. The summed E-state index contributed by atoms with van der Waals surface area (Å²) in [5.74, 6) is -0.0732. The summed E-state index contributed by atoms with van der Waals surface area (Å²) in [4.78, 5) is 25.4. The summed E-state index contributed by atoms with van der Waals surface area (Å²) in [6.45, 7) is 4.18. The number of nitrogens with one attached hydrogen (secondary N) is 2. The monoisotopic (exact) mass is 364 g/mol. The Balaban J connectivity index is 1.76. The molecule has 0 fully saturated rings. The van der Waals surface area contributed by atoms with Crippen LogP contribution >= 0.6 is 11.3 Å². The molecule has 2 amide bonds. The Bertz CT molecular complexity index is 917. The second-order valence-corrected chi connectivity index (χ2v) is 7.16. The summed E-state index contributed by atoms with van der Waals surface area (Å²) in [6, 6.07) is 18.3. The van der Waals surface area contributed by atoms with Crippen LogP contribution in [0.3, 0.4) is 0 Å². The normalized spacial score (nSPS) is 10.6. The smallest absolute Gasteiger partial charge is 0.265 e. The molecule has 1 aromatic heterocycles. The van der Waals surface area contributed by atoms with Crippen LogP contribution in [0.15, 0.2) is 66.0 Å². The number of para-hydroxylation sites is 1. The van der Waals surface area contributed by atoms with Crippen molar-refractivity contribution in [2.75, 3.05) is 10.6 Å². The molecule has 0 bridgehead atoms. The van der Waals surface area contributed by atoms with Crippen molar-refractivity contribution in [1.82, 2.24) is 0 Å². The molecule has 0 aliphatic heterocycles. The van der Waals surface area contributed by atoms with Crippen LogP contribution in [-0.4, -0.2) is 11.8 Å². The van der Waals surface area contributed by atoms with E-state index >= 15 is 0 Å². The van der Waals surface area contributed by atoms with Gasteiger partial charge in [0.2, 0.25) is 0 Å². The number of hydrogen-bond donors (Lipinski definition) is 2. The highest BCUT2D eigenvalue weighted by Crippen LogP contribution is 2.24. The van der Waals surface area contributed by atoms with Gasteiger partial charge in [0.15, 0.2) is 0 Å². The predicted molar refractivity (Wildman–Crippen MR) is 107 cm³/mol. The number of thiophene rings is 1. The highest BCUT2D eigenvalue weighted by molar-refractivity contribution is 7.12. The fourth-order valence-electron chi connectivity index (χ4n) is 2.65. The van der Waals surface area contributed by atoms with Gasteiger partial charge in [-0.3, -0.25) is 9.59 Å². The standard InChI is InChI=1S/C21H20N2O2S/c1-14(2)17-9-3-4-10-18(17)23-20(24)15-7-5-8-16(13-15)22-21(25)19-11-6-12-26-19/h3-14H,1-2H3,(H,22,25)(H,23,24). The summed E-state index contributed by atoms with van der Waals surface area (Å²) >= 11 is 1.38. The van der Waals surface area contributed by atoms with E-state index in [1.807, 2.05) is 35.7 Å². The zero-order valence-corrected chi connectivity index (χ0v) is 15.5. The molecule has 2 aromatic carbocycles. The lowest BCUT2D eigenvalue weighted by atomic mass is 10.0. The van der Waals surface area contributed by atoms with Crippen molar-refractivity contribution in [2.45, 2.75) is 19.8 Å². The van der Waals surface area contributed by atoms with Crippen LogP contribution in [0.4, 0.5) is 11.4 Å². The van der Waals surface area contributed by atoms with Crippen molar-refractivity contribution in [3.05, 3.63) is 82.0 Å². The van der Waals surface area contributed by atoms with Gasteiger partial charge in [0.1, 0.15) is 0 Å². The first-order valence-corrected chi connectivity index (χ1v) is 9.28. The summed E-state index contributed by atoms with van der Waals surface area (Å²) in [7, 11) is 0. The Morgan fingerprint density at radius 2 is 1.69 bits per heavy atom. The molecule has 26 heavy (non-hydrogen) atoms. The number of carbonyl (C=O) groups excluding carboxylic acids is 2. The lowest BCUT2D eigenvalue weighted by Gasteiger charge is -2.14. The largest absolute Gasteiger partial charge is 0.322 e. The predicted octanol–water partition coefficient (Wildman–Crippen LogP) is 5.38. The molecule has 0 aliphatic carbocycles. The van der Waals surface area contributed by atoms with Gasteiger partial charge >= 0.3 is 0 Å². The van der Waals surface area contributed by atoms with E-state index in [-0.39, 0.29) is 11.8 Å². The minimum absolute atomic E-state index is 0.178. The van der Waals surface area contributed by atoms with Crippen LogP contribution < -0.4 is 10.6 Å². The van der Waals surface area contributed by atoms with Crippen LogP contribution in [0.1, 0.15) is 45.4 Å². The van der Waals surface area contributed by atoms with E-state index in [0.717, 1.165) is 11.3 Å². The van der Waals surface area contributed by atoms with Crippen LogP contribution in [0.2, 0.25) is 0 Å². The van der Waals surface area contributed by atoms with Gasteiger partial charge in [0.05, 0.1) is 4.88 Å². The number of benzene rings is 2. The minimum atomic E-state index is -0.203. The van der Waals surface area contributed by atoms with E-state index < -0.39 is 0 Å². The van der Waals surface area contributed by atoms with Gasteiger partial charge in [0, 0.05) is 16.9 Å². The highest BCUT2D eigenvalue weighted by atomic mass is 32.1. The van der Waals surface area contributed by atoms with Crippen molar-refractivity contribution in [3.63, 3.8) is 0 Å². The summed E-state index contributed by atoms with van der Waals surface area (Å²) < 4.78 is 0. The quantitative estimate of drug-likeness (QED) is 0.639. The van der Waals surface area contributed by atoms with E-state index in [4.69, 9.17) is 0 Å². The van der Waals surface area contributed by atoms with Crippen molar-refractivity contribution in [3.8, 4) is 0 Å². The third-order valence-electron chi connectivity index (χ3n) is 3.96. The van der Waals surface area contributed by atoms with Gasteiger partial charge in [-0.25, -0.2) is 0 Å². The highest BCUT2D eigenvalue weighted by Gasteiger charge is 2.12. The van der Waals surface area contributed by atoms with E-state index in [0.29, 0.717) is 22.0 Å². The second kappa shape index (κ2) is 7.97. The Hall–Kier alpha value is -2.92. The Labute approximate surface area is 156 Å². The number of anilines is 2. The third kappa shape index (κ3) is 4.18. The molecule has 0 atom stereocenters. The van der Waals surface area contributed by atoms with Gasteiger partial charge in [-0.2, -0.15) is 0 Å². The maximum absolute atomic E-state index is 12.6. The van der Waals surface area contributed by atoms with Gasteiger partial charge < -0.3 is 10.6 Å². The third-order valence-corrected chi connectivity index (χ3v) is 4.83. The van der Waals surface area contributed by atoms with Crippen LogP contribution in [-0.2, 0) is 0 Å². The Morgan fingerprint density at radius 3 is 2.42 bits per heavy atom. The summed E-state index contributed by atoms with van der Waals surface area (Å²) in [5.41, 5.74) is 2.98. The molecule has 132 valence electrons. The second-order valence-electron chi connectivity index (χ2n) is 6.21. The molecular formula is C21H20N2O2S. The zero-order chi connectivity index (χ0) is 18.5. The number of amides is 2. The maximum atomic E-state index is 12.6. The number of carbonyl (C=O) groups is 2. The maximum Gasteiger partial charge on any atom is 0.265 e. The molecule has 0 saturated carbocycles. The first-order valence-electron chi connectivity index (χ1n) is 8.40. The zero-order valence-electron chi connectivity index (χ0n) is 14.7. The van der Waals surface area contributed by atoms with E-state index in [1.165, 1.54) is 11.3 Å². The topological polar surface area (TPSA) is 58.2 Å². The molecular weight excluding hydrogens is 344 g/mol. The summed E-state index contributed by atoms with van der Waals surface area (Å²) in [6.07, 6.45) is 0. The number of rotatable bonds is 5. The number of hydrogen-bond acceptors (Lipinski definition) is 3. The van der Waals surface area contributed by atoms with E-state index in [9.17, 15) is 9.59 Å². The van der Waals surface area contributed by atoms with Gasteiger partial charge in [-0.15, -0.1) is 11.3 Å². The first kappa shape index (κ1) is 17.9. The molecule has 0 saturated heterocycles. The fraction of sp³-hybridized carbons (Fsp3) is 0.143. The molecule has 2 N–H and O–H groups in total. The van der Waals surface area contributed by atoms with E-state index in [1.54, 1.807) is 30.3 Å². The van der Waals surface area contributed by atoms with Gasteiger partial charge in [-0.1, -0.05) is 44.2 Å². The Kier molecular flexibility index (Phi) is 5.49. The van der Waals surface area contributed by atoms with Gasteiger partial charge in [-0.05, 0) is 47.2 Å². The van der Waals surface area contributed by atoms with Crippen molar-refractivity contribution in [1.29, 1.82) is 0 Å².